The van der Waals surface area contributed by atoms with Gasteiger partial charge in [-0.15, -0.1) is 0 Å². The summed E-state index contributed by atoms with van der Waals surface area (Å²) in [6, 6.07) is 7.23. The molecule has 1 N–H and O–H groups in total. The van der Waals surface area contributed by atoms with Crippen LogP contribution in [-0.2, 0) is 6.54 Å². The van der Waals surface area contributed by atoms with Gasteiger partial charge in [0.05, 0.1) is 25.0 Å². The Bertz CT molecular complexity index is 742. The number of pyridine rings is 1. The highest BCUT2D eigenvalue weighted by atomic mass is 35.5. The molecule has 2 amide bonds. The molecule has 0 saturated heterocycles. The minimum absolute atomic E-state index is 0.240. The average Bonchev–Trinajstić information content (AvgIpc) is 2.49. The lowest BCUT2D eigenvalue weighted by Crippen LogP contribution is -2.31. The minimum Gasteiger partial charge on any atom is -0.495 e. The topological polar surface area (TPSA) is 54.5 Å². The van der Waals surface area contributed by atoms with Gasteiger partial charge in [0.2, 0.25) is 0 Å². The zero-order chi connectivity index (χ0) is 17.9. The number of aromatic nitrogens is 1. The summed E-state index contributed by atoms with van der Waals surface area (Å²) in [5, 5.41) is 3.45. The first kappa shape index (κ1) is 18.1. The average molecular weight is 348 g/mol. The van der Waals surface area contributed by atoms with Gasteiger partial charge in [0.25, 0.3) is 0 Å². The number of hydrogen-bond acceptors (Lipinski definition) is 3. The summed E-state index contributed by atoms with van der Waals surface area (Å²) in [5.41, 5.74) is 4.37. The predicted octanol–water partition coefficient (Wildman–Crippen LogP) is 4.33. The Labute approximate surface area is 147 Å². The van der Waals surface area contributed by atoms with E-state index in [0.717, 1.165) is 22.5 Å². The number of carbonyl (C=O) groups is 1. The number of rotatable bonds is 4. The lowest BCUT2D eigenvalue weighted by Gasteiger charge is -2.19. The van der Waals surface area contributed by atoms with E-state index in [2.05, 4.69) is 10.3 Å². The molecule has 0 aliphatic heterocycles. The molecule has 128 valence electrons. The Kier molecular flexibility index (Phi) is 5.67. The van der Waals surface area contributed by atoms with Gasteiger partial charge < -0.3 is 15.0 Å². The molecule has 6 heteroatoms. The third-order valence-electron chi connectivity index (χ3n) is 3.62. The van der Waals surface area contributed by atoms with Gasteiger partial charge in [-0.25, -0.2) is 4.79 Å². The maximum absolute atomic E-state index is 12.4. The van der Waals surface area contributed by atoms with Crippen LogP contribution in [0, 0.1) is 20.8 Å². The van der Waals surface area contributed by atoms with Crippen molar-refractivity contribution in [2.45, 2.75) is 27.3 Å². The predicted molar refractivity (Wildman–Crippen MR) is 96.9 cm³/mol. The van der Waals surface area contributed by atoms with E-state index in [9.17, 15) is 4.79 Å². The maximum Gasteiger partial charge on any atom is 0.322 e. The number of methoxy groups -OCH3 is 1. The molecule has 24 heavy (non-hydrogen) atoms. The van der Waals surface area contributed by atoms with Crippen LogP contribution < -0.4 is 10.1 Å². The van der Waals surface area contributed by atoms with Crippen LogP contribution in [0.4, 0.5) is 10.5 Å². The number of halogens is 1. The van der Waals surface area contributed by atoms with Crippen molar-refractivity contribution in [1.29, 1.82) is 0 Å². The molecule has 0 unspecified atom stereocenters. The molecular weight excluding hydrogens is 326 g/mol. The van der Waals surface area contributed by atoms with Crippen LogP contribution in [-0.4, -0.2) is 30.1 Å². The van der Waals surface area contributed by atoms with Crippen LogP contribution in [0.3, 0.4) is 0 Å². The molecule has 0 atom stereocenters. The largest absolute Gasteiger partial charge is 0.495 e. The van der Waals surface area contributed by atoms with Gasteiger partial charge in [-0.2, -0.15) is 0 Å². The summed E-state index contributed by atoms with van der Waals surface area (Å²) in [4.78, 5) is 18.5. The van der Waals surface area contributed by atoms with Crippen molar-refractivity contribution in [3.05, 3.63) is 51.8 Å². The molecule has 1 heterocycles. The van der Waals surface area contributed by atoms with Gasteiger partial charge in [-0.1, -0.05) is 11.6 Å². The number of anilines is 1. The van der Waals surface area contributed by atoms with Gasteiger partial charge in [0, 0.05) is 23.8 Å². The fourth-order valence-electron chi connectivity index (χ4n) is 2.46. The Morgan fingerprint density at radius 1 is 1.25 bits per heavy atom. The molecule has 0 spiro atoms. The molecule has 0 fully saturated rings. The fourth-order valence-corrected chi connectivity index (χ4v) is 2.61. The summed E-state index contributed by atoms with van der Waals surface area (Å²) in [5.74, 6) is 0.525. The van der Waals surface area contributed by atoms with E-state index in [0.29, 0.717) is 23.0 Å². The van der Waals surface area contributed by atoms with Crippen molar-refractivity contribution in [2.24, 2.45) is 0 Å². The van der Waals surface area contributed by atoms with Crippen molar-refractivity contribution in [1.82, 2.24) is 9.88 Å². The highest BCUT2D eigenvalue weighted by molar-refractivity contribution is 6.31. The number of hydrogen-bond donors (Lipinski definition) is 1. The van der Waals surface area contributed by atoms with Crippen LogP contribution in [0.25, 0.3) is 0 Å². The van der Waals surface area contributed by atoms with Crippen molar-refractivity contribution >= 4 is 23.3 Å². The Balaban J connectivity index is 2.13. The third kappa shape index (κ3) is 4.38. The molecule has 2 rings (SSSR count). The molecule has 5 nitrogen and oxygen atoms in total. The molecular formula is C18H22ClN3O2. The first-order valence-electron chi connectivity index (χ1n) is 7.60. The van der Waals surface area contributed by atoms with Crippen molar-refractivity contribution in [2.75, 3.05) is 19.5 Å². The number of urea groups is 1. The molecule has 0 bridgehead atoms. The summed E-state index contributed by atoms with van der Waals surface area (Å²) in [6.07, 6.45) is 0. The Morgan fingerprint density at radius 3 is 2.58 bits per heavy atom. The zero-order valence-electron chi connectivity index (χ0n) is 14.6. The lowest BCUT2D eigenvalue weighted by atomic mass is 10.2. The highest BCUT2D eigenvalue weighted by Gasteiger charge is 2.14. The van der Waals surface area contributed by atoms with Gasteiger partial charge in [0.1, 0.15) is 5.75 Å². The van der Waals surface area contributed by atoms with Crippen molar-refractivity contribution in [3.63, 3.8) is 0 Å². The summed E-state index contributed by atoms with van der Waals surface area (Å²) in [7, 11) is 3.27. The summed E-state index contributed by atoms with van der Waals surface area (Å²) >= 11 is 6.09. The monoisotopic (exact) mass is 347 g/mol. The number of amides is 2. The van der Waals surface area contributed by atoms with Crippen molar-refractivity contribution in [3.8, 4) is 5.75 Å². The van der Waals surface area contributed by atoms with Gasteiger partial charge in [-0.3, -0.25) is 4.98 Å². The molecule has 0 radical (unpaired) electrons. The normalized spacial score (nSPS) is 10.4. The van der Waals surface area contributed by atoms with E-state index in [4.69, 9.17) is 16.3 Å². The van der Waals surface area contributed by atoms with Crippen molar-refractivity contribution < 1.29 is 9.53 Å². The number of carbonyl (C=O) groups excluding carboxylic acids is 1. The SMILES string of the molecule is COc1cc(Cl)c(C)cc1NC(=O)N(C)Cc1cc(C)cc(C)n1. The van der Waals surface area contributed by atoms with Crippen LogP contribution in [0.2, 0.25) is 5.02 Å². The second kappa shape index (κ2) is 7.53. The summed E-state index contributed by atoms with van der Waals surface area (Å²) < 4.78 is 5.28. The standard InChI is InChI=1S/C18H22ClN3O2/c1-11-6-13(3)20-14(7-11)10-22(4)18(23)21-16-8-12(2)15(19)9-17(16)24-5/h6-9H,10H2,1-5H3,(H,21,23). The fraction of sp³-hybridized carbons (Fsp3) is 0.333. The van der Waals surface area contributed by atoms with E-state index < -0.39 is 0 Å². The van der Waals surface area contributed by atoms with Crippen LogP contribution in [0.5, 0.6) is 5.75 Å². The van der Waals surface area contributed by atoms with Gasteiger partial charge >= 0.3 is 6.03 Å². The number of ether oxygens (including phenoxy) is 1. The molecule has 1 aromatic carbocycles. The number of nitrogens with one attached hydrogen (secondary N) is 1. The Hall–Kier alpha value is -2.27. The first-order valence-corrected chi connectivity index (χ1v) is 7.98. The van der Waals surface area contributed by atoms with E-state index in [-0.39, 0.29) is 6.03 Å². The minimum atomic E-state index is -0.240. The maximum atomic E-state index is 12.4. The molecule has 0 aliphatic rings. The second-order valence-electron chi connectivity index (χ2n) is 5.87. The molecule has 1 aromatic heterocycles. The zero-order valence-corrected chi connectivity index (χ0v) is 15.4. The van der Waals surface area contributed by atoms with Crippen LogP contribution >= 0.6 is 11.6 Å². The molecule has 0 saturated carbocycles. The summed E-state index contributed by atoms with van der Waals surface area (Å²) in [6.45, 7) is 6.25. The molecule has 2 aromatic rings. The second-order valence-corrected chi connectivity index (χ2v) is 6.27. The van der Waals surface area contributed by atoms with Crippen LogP contribution in [0.1, 0.15) is 22.5 Å². The van der Waals surface area contributed by atoms with Crippen LogP contribution in [0.15, 0.2) is 24.3 Å². The number of benzene rings is 1. The lowest BCUT2D eigenvalue weighted by molar-refractivity contribution is 0.220. The van der Waals surface area contributed by atoms with Gasteiger partial charge in [0.15, 0.2) is 0 Å². The smallest absolute Gasteiger partial charge is 0.322 e. The number of nitrogens with zero attached hydrogens (tertiary/aromatic N) is 2. The van der Waals surface area contributed by atoms with E-state index in [1.165, 1.54) is 0 Å². The first-order chi connectivity index (χ1) is 11.3. The highest BCUT2D eigenvalue weighted by Crippen LogP contribution is 2.31. The number of aryl methyl sites for hydroxylation is 3. The van der Waals surface area contributed by atoms with E-state index in [1.54, 1.807) is 31.2 Å². The quantitative estimate of drug-likeness (QED) is 0.895. The Morgan fingerprint density at radius 2 is 1.96 bits per heavy atom. The van der Waals surface area contributed by atoms with E-state index >= 15 is 0 Å². The van der Waals surface area contributed by atoms with Gasteiger partial charge in [-0.05, 0) is 50.1 Å². The van der Waals surface area contributed by atoms with E-state index in [1.807, 2.05) is 32.9 Å². The molecule has 0 aliphatic carbocycles. The third-order valence-corrected chi connectivity index (χ3v) is 4.03.